The molecule has 3 heteroatoms. The van der Waals surface area contributed by atoms with Crippen LogP contribution in [0.25, 0.3) is 0 Å². The van der Waals surface area contributed by atoms with E-state index >= 15 is 0 Å². The van der Waals surface area contributed by atoms with Gasteiger partial charge in [0.25, 0.3) is 0 Å². The Kier molecular flexibility index (Phi) is 4.58. The fourth-order valence-electron chi connectivity index (χ4n) is 4.59. The summed E-state index contributed by atoms with van der Waals surface area (Å²) in [6, 6.07) is 14.3. The van der Waals surface area contributed by atoms with Crippen molar-refractivity contribution in [3.8, 4) is 0 Å². The number of hydrogen-bond donors (Lipinski definition) is 0. The van der Waals surface area contributed by atoms with E-state index in [1.165, 1.54) is 97.0 Å². The molecule has 0 radical (unpaired) electrons. The van der Waals surface area contributed by atoms with Crippen LogP contribution in [0.4, 0.5) is 11.4 Å². The molecule has 3 aliphatic heterocycles. The second-order valence-corrected chi connectivity index (χ2v) is 9.04. The number of nitrogens with zero attached hydrogens (tertiary/aromatic N) is 2. The van der Waals surface area contributed by atoms with Gasteiger partial charge in [-0.25, -0.2) is 0 Å². The zero-order valence-electron chi connectivity index (χ0n) is 15.5. The van der Waals surface area contributed by atoms with Gasteiger partial charge in [0, 0.05) is 47.3 Å². The van der Waals surface area contributed by atoms with E-state index in [1.807, 2.05) is 11.8 Å². The lowest BCUT2D eigenvalue weighted by Gasteiger charge is -2.31. The summed E-state index contributed by atoms with van der Waals surface area (Å²) in [6.07, 6.45) is 9.22. The minimum atomic E-state index is 1.08. The summed E-state index contributed by atoms with van der Waals surface area (Å²) in [4.78, 5) is 8.08. The van der Waals surface area contributed by atoms with Crippen LogP contribution >= 0.6 is 11.8 Å². The van der Waals surface area contributed by atoms with Crippen LogP contribution in [0.3, 0.4) is 0 Å². The number of hydrogen-bond acceptors (Lipinski definition) is 3. The zero-order valence-corrected chi connectivity index (χ0v) is 16.4. The third-order valence-corrected chi connectivity index (χ3v) is 7.34. The molecule has 2 saturated heterocycles. The Labute approximate surface area is 161 Å². The smallest absolute Gasteiger partial charge is 0.0377 e. The summed E-state index contributed by atoms with van der Waals surface area (Å²) in [5, 5.41) is 0. The molecule has 5 rings (SSSR count). The van der Waals surface area contributed by atoms with Crippen LogP contribution in [-0.4, -0.2) is 26.2 Å². The fraction of sp³-hybridized carbons (Fsp3) is 0.478. The van der Waals surface area contributed by atoms with E-state index in [2.05, 4.69) is 46.2 Å². The van der Waals surface area contributed by atoms with Crippen LogP contribution in [-0.2, 0) is 6.42 Å². The topological polar surface area (TPSA) is 6.48 Å². The predicted molar refractivity (Wildman–Crippen MR) is 112 cm³/mol. The normalized spacial score (nSPS) is 19.8. The van der Waals surface area contributed by atoms with Gasteiger partial charge in [0.15, 0.2) is 0 Å². The van der Waals surface area contributed by atoms with Crippen molar-refractivity contribution in [2.45, 2.75) is 54.7 Å². The summed E-state index contributed by atoms with van der Waals surface area (Å²) < 4.78 is 0. The van der Waals surface area contributed by atoms with Crippen LogP contribution in [0.1, 0.15) is 49.7 Å². The highest BCUT2D eigenvalue weighted by Gasteiger charge is 2.20. The molecule has 0 amide bonds. The lowest BCUT2D eigenvalue weighted by Crippen LogP contribution is -2.29. The van der Waals surface area contributed by atoms with Gasteiger partial charge in [0.2, 0.25) is 0 Å². The quantitative estimate of drug-likeness (QED) is 0.574. The summed E-state index contributed by atoms with van der Waals surface area (Å²) in [7, 11) is 0. The van der Waals surface area contributed by atoms with Crippen molar-refractivity contribution in [2.24, 2.45) is 0 Å². The number of anilines is 2. The maximum absolute atomic E-state index is 2.57. The molecule has 0 atom stereocenters. The number of piperidine rings is 2. The maximum atomic E-state index is 2.57. The first-order valence-electron chi connectivity index (χ1n) is 10.3. The standard InChI is InChI=1S/C23H28N2S/c1-3-11-24(12-4-1)20-9-7-18-15-19-8-10-21(25-13-5-2-6-14-25)17-23(19)26-22(18)16-20/h7-10,16-17H,1-6,11-15H2. The minimum absolute atomic E-state index is 1.08. The van der Waals surface area contributed by atoms with Gasteiger partial charge >= 0.3 is 0 Å². The fourth-order valence-corrected chi connectivity index (χ4v) is 5.73. The molecule has 0 spiro atoms. The average molecular weight is 365 g/mol. The molecule has 0 aliphatic carbocycles. The van der Waals surface area contributed by atoms with Gasteiger partial charge in [0.1, 0.15) is 0 Å². The molecule has 0 aromatic heterocycles. The molecule has 26 heavy (non-hydrogen) atoms. The van der Waals surface area contributed by atoms with Crippen LogP contribution in [0, 0.1) is 0 Å². The third-order valence-electron chi connectivity index (χ3n) is 6.14. The molecule has 2 fully saturated rings. The molecule has 0 unspecified atom stereocenters. The molecule has 2 aromatic rings. The molecule has 0 bridgehead atoms. The van der Waals surface area contributed by atoms with E-state index in [9.17, 15) is 0 Å². The van der Waals surface area contributed by atoms with Crippen molar-refractivity contribution in [3.05, 3.63) is 47.5 Å². The second-order valence-electron chi connectivity index (χ2n) is 7.96. The number of fused-ring (bicyclic) bond motifs is 2. The maximum Gasteiger partial charge on any atom is 0.0377 e. The van der Waals surface area contributed by atoms with E-state index in [4.69, 9.17) is 0 Å². The lowest BCUT2D eigenvalue weighted by molar-refractivity contribution is 0.577. The molecule has 2 nitrogen and oxygen atoms in total. The van der Waals surface area contributed by atoms with E-state index in [1.54, 1.807) is 0 Å². The third kappa shape index (κ3) is 3.22. The average Bonchev–Trinajstić information content (AvgIpc) is 2.73. The molecular formula is C23H28N2S. The van der Waals surface area contributed by atoms with Crippen LogP contribution in [0.15, 0.2) is 46.2 Å². The number of benzene rings is 2. The van der Waals surface area contributed by atoms with Crippen molar-refractivity contribution in [1.29, 1.82) is 0 Å². The minimum Gasteiger partial charge on any atom is -0.372 e. The number of rotatable bonds is 2. The van der Waals surface area contributed by atoms with Gasteiger partial charge in [0.05, 0.1) is 0 Å². The molecule has 0 saturated carbocycles. The van der Waals surface area contributed by atoms with Gasteiger partial charge in [-0.05, 0) is 80.3 Å². The summed E-state index contributed by atoms with van der Waals surface area (Å²) in [6.45, 7) is 4.89. The van der Waals surface area contributed by atoms with Gasteiger partial charge in [-0.15, -0.1) is 0 Å². The van der Waals surface area contributed by atoms with Crippen LogP contribution in [0.2, 0.25) is 0 Å². The van der Waals surface area contributed by atoms with E-state index in [0.717, 1.165) is 6.42 Å². The Bertz CT molecular complexity index is 723. The van der Waals surface area contributed by atoms with Crippen LogP contribution in [0.5, 0.6) is 0 Å². The van der Waals surface area contributed by atoms with Gasteiger partial charge in [-0.2, -0.15) is 0 Å². The predicted octanol–water partition coefficient (Wildman–Crippen LogP) is 5.72. The van der Waals surface area contributed by atoms with Crippen molar-refractivity contribution in [1.82, 2.24) is 0 Å². The summed E-state index contributed by atoms with van der Waals surface area (Å²) in [5.41, 5.74) is 5.83. The highest BCUT2D eigenvalue weighted by Crippen LogP contribution is 2.43. The van der Waals surface area contributed by atoms with Crippen molar-refractivity contribution < 1.29 is 0 Å². The van der Waals surface area contributed by atoms with Crippen molar-refractivity contribution in [3.63, 3.8) is 0 Å². The Balaban J connectivity index is 1.40. The van der Waals surface area contributed by atoms with Gasteiger partial charge < -0.3 is 9.80 Å². The van der Waals surface area contributed by atoms with Crippen molar-refractivity contribution >= 4 is 23.1 Å². The first-order valence-corrected chi connectivity index (χ1v) is 11.1. The van der Waals surface area contributed by atoms with E-state index < -0.39 is 0 Å². The molecule has 3 aliphatic rings. The first-order chi connectivity index (χ1) is 12.9. The van der Waals surface area contributed by atoms with Crippen molar-refractivity contribution in [2.75, 3.05) is 36.0 Å². The Hall–Kier alpha value is -1.61. The highest BCUT2D eigenvalue weighted by molar-refractivity contribution is 7.99. The van der Waals surface area contributed by atoms with E-state index in [-0.39, 0.29) is 0 Å². The van der Waals surface area contributed by atoms with Gasteiger partial charge in [-0.1, -0.05) is 23.9 Å². The monoisotopic (exact) mass is 364 g/mol. The Morgan fingerprint density at radius 2 is 1.04 bits per heavy atom. The Morgan fingerprint density at radius 3 is 1.50 bits per heavy atom. The zero-order chi connectivity index (χ0) is 17.3. The SMILES string of the molecule is c1cc2c(cc1N1CCCCC1)Sc1cc(N3CCCCC3)ccc1C2. The first kappa shape index (κ1) is 16.6. The molecule has 3 heterocycles. The molecule has 0 N–H and O–H groups in total. The van der Waals surface area contributed by atoms with Crippen LogP contribution < -0.4 is 9.80 Å². The lowest BCUT2D eigenvalue weighted by atomic mass is 10.0. The summed E-state index contributed by atoms with van der Waals surface area (Å²) in [5.74, 6) is 0. The summed E-state index contributed by atoms with van der Waals surface area (Å²) >= 11 is 1.99. The Morgan fingerprint density at radius 1 is 0.577 bits per heavy atom. The largest absolute Gasteiger partial charge is 0.372 e. The van der Waals surface area contributed by atoms with Gasteiger partial charge in [-0.3, -0.25) is 0 Å². The molecule has 136 valence electrons. The van der Waals surface area contributed by atoms with E-state index in [0.29, 0.717) is 0 Å². The second kappa shape index (κ2) is 7.19. The molecule has 2 aromatic carbocycles. The highest BCUT2D eigenvalue weighted by atomic mass is 32.2. The molecular weight excluding hydrogens is 336 g/mol.